The van der Waals surface area contributed by atoms with Gasteiger partial charge in [0.1, 0.15) is 11.5 Å². The number of hydrogen-bond donors (Lipinski definition) is 1. The van der Waals surface area contributed by atoms with Gasteiger partial charge in [-0.3, -0.25) is 0 Å². The van der Waals surface area contributed by atoms with Crippen LogP contribution < -0.4 is 10.5 Å². The van der Waals surface area contributed by atoms with Crippen LogP contribution in [0, 0.1) is 0 Å². The molecule has 2 heterocycles. The smallest absolute Gasteiger partial charge is 0.212 e. The van der Waals surface area contributed by atoms with Crippen LogP contribution in [0.2, 0.25) is 0 Å². The predicted molar refractivity (Wildman–Crippen MR) is 94.8 cm³/mol. The lowest BCUT2D eigenvalue weighted by molar-refractivity contribution is 0.398. The van der Waals surface area contributed by atoms with Crippen molar-refractivity contribution in [2.75, 3.05) is 19.1 Å². The summed E-state index contributed by atoms with van der Waals surface area (Å²) in [6.07, 6.45) is 4.32. The zero-order chi connectivity index (χ0) is 18.0. The van der Waals surface area contributed by atoms with Gasteiger partial charge >= 0.3 is 0 Å². The van der Waals surface area contributed by atoms with Gasteiger partial charge in [0.05, 0.1) is 23.9 Å². The van der Waals surface area contributed by atoms with Gasteiger partial charge in [-0.15, -0.1) is 0 Å². The van der Waals surface area contributed by atoms with Crippen LogP contribution in [0.1, 0.15) is 0 Å². The van der Waals surface area contributed by atoms with Crippen molar-refractivity contribution in [2.45, 2.75) is 4.90 Å². The van der Waals surface area contributed by atoms with Crippen LogP contribution >= 0.6 is 0 Å². The summed E-state index contributed by atoms with van der Waals surface area (Å²) in [7, 11) is -1.70. The Hall–Kier alpha value is -3.00. The molecule has 1 aromatic carbocycles. The standard InChI is InChI=1S/C17H16N4O3S/c1-24-15-8-5-12(9-19-15)16-17(18)20-10-14(21-16)11-3-6-13(7-4-11)25(2,22)23/h3-10H,1-2H3,(H2,18,20). The highest BCUT2D eigenvalue weighted by Gasteiger charge is 2.11. The molecule has 0 saturated heterocycles. The molecule has 0 aliphatic rings. The topological polar surface area (TPSA) is 108 Å². The molecule has 0 radical (unpaired) electrons. The van der Waals surface area contributed by atoms with Gasteiger partial charge in [0, 0.05) is 29.6 Å². The van der Waals surface area contributed by atoms with E-state index in [0.29, 0.717) is 22.8 Å². The van der Waals surface area contributed by atoms with Crippen LogP contribution in [0.25, 0.3) is 22.5 Å². The van der Waals surface area contributed by atoms with Crippen LogP contribution in [0.4, 0.5) is 5.82 Å². The van der Waals surface area contributed by atoms with Crippen molar-refractivity contribution in [1.29, 1.82) is 0 Å². The lowest BCUT2D eigenvalue weighted by Crippen LogP contribution is -2.00. The van der Waals surface area contributed by atoms with Gasteiger partial charge in [-0.2, -0.15) is 0 Å². The number of rotatable bonds is 4. The molecule has 0 atom stereocenters. The average molecular weight is 356 g/mol. The van der Waals surface area contributed by atoms with E-state index in [1.807, 2.05) is 0 Å². The minimum absolute atomic E-state index is 0.249. The minimum atomic E-state index is -3.24. The third-order valence-corrected chi connectivity index (χ3v) is 4.73. The maximum absolute atomic E-state index is 11.6. The van der Waals surface area contributed by atoms with Gasteiger partial charge < -0.3 is 10.5 Å². The summed E-state index contributed by atoms with van der Waals surface area (Å²) >= 11 is 0. The van der Waals surface area contributed by atoms with E-state index in [1.165, 1.54) is 25.5 Å². The maximum atomic E-state index is 11.6. The van der Waals surface area contributed by atoms with E-state index in [9.17, 15) is 8.42 Å². The fourth-order valence-electron chi connectivity index (χ4n) is 2.26. The number of methoxy groups -OCH3 is 1. The Morgan fingerprint density at radius 2 is 1.64 bits per heavy atom. The van der Waals surface area contributed by atoms with Crippen LogP contribution in [-0.2, 0) is 9.84 Å². The number of hydrogen-bond acceptors (Lipinski definition) is 7. The number of sulfone groups is 1. The average Bonchev–Trinajstić information content (AvgIpc) is 2.62. The first-order valence-electron chi connectivity index (χ1n) is 7.32. The molecule has 2 aromatic heterocycles. The van der Waals surface area contributed by atoms with Gasteiger partial charge in [-0.05, 0) is 18.2 Å². The molecule has 7 nitrogen and oxygen atoms in total. The van der Waals surface area contributed by atoms with Crippen molar-refractivity contribution in [3.8, 4) is 28.4 Å². The molecule has 3 aromatic rings. The lowest BCUT2D eigenvalue weighted by Gasteiger charge is -2.08. The van der Waals surface area contributed by atoms with Crippen molar-refractivity contribution in [1.82, 2.24) is 15.0 Å². The molecular formula is C17H16N4O3S. The molecule has 128 valence electrons. The van der Waals surface area contributed by atoms with Gasteiger partial charge in [-0.1, -0.05) is 12.1 Å². The molecule has 0 aliphatic heterocycles. The molecule has 0 unspecified atom stereocenters. The summed E-state index contributed by atoms with van der Waals surface area (Å²) in [6.45, 7) is 0. The van der Waals surface area contributed by atoms with Crippen LogP contribution in [0.3, 0.4) is 0 Å². The second kappa shape index (κ2) is 6.48. The highest BCUT2D eigenvalue weighted by Crippen LogP contribution is 2.27. The van der Waals surface area contributed by atoms with E-state index in [1.54, 1.807) is 36.7 Å². The number of ether oxygens (including phenoxy) is 1. The number of nitrogen functional groups attached to an aromatic ring is 1. The molecule has 0 amide bonds. The Labute approximate surface area is 145 Å². The van der Waals surface area contributed by atoms with Crippen molar-refractivity contribution in [3.63, 3.8) is 0 Å². The fourth-order valence-corrected chi connectivity index (χ4v) is 2.89. The van der Waals surface area contributed by atoms with E-state index in [-0.39, 0.29) is 10.7 Å². The van der Waals surface area contributed by atoms with Crippen molar-refractivity contribution >= 4 is 15.7 Å². The Bertz CT molecular complexity index is 1000. The molecule has 0 spiro atoms. The summed E-state index contributed by atoms with van der Waals surface area (Å²) < 4.78 is 28.1. The normalized spacial score (nSPS) is 11.3. The molecule has 2 N–H and O–H groups in total. The zero-order valence-corrected chi connectivity index (χ0v) is 14.5. The van der Waals surface area contributed by atoms with E-state index in [0.717, 1.165) is 5.56 Å². The van der Waals surface area contributed by atoms with Crippen LogP contribution in [0.5, 0.6) is 5.88 Å². The van der Waals surface area contributed by atoms with Gasteiger partial charge in [0.2, 0.25) is 5.88 Å². The van der Waals surface area contributed by atoms with Crippen molar-refractivity contribution in [2.24, 2.45) is 0 Å². The second-order valence-corrected chi connectivity index (χ2v) is 7.39. The van der Waals surface area contributed by atoms with Gasteiger partial charge in [0.15, 0.2) is 9.84 Å². The summed E-state index contributed by atoms with van der Waals surface area (Å²) in [5.74, 6) is 0.770. The molecule has 0 bridgehead atoms. The summed E-state index contributed by atoms with van der Waals surface area (Å²) in [5, 5.41) is 0. The lowest BCUT2D eigenvalue weighted by atomic mass is 10.1. The van der Waals surface area contributed by atoms with E-state index in [2.05, 4.69) is 15.0 Å². The third kappa shape index (κ3) is 3.58. The fraction of sp³-hybridized carbons (Fsp3) is 0.118. The number of pyridine rings is 1. The molecule has 0 saturated carbocycles. The van der Waals surface area contributed by atoms with E-state index >= 15 is 0 Å². The van der Waals surface area contributed by atoms with Crippen LogP contribution in [-0.4, -0.2) is 36.7 Å². The van der Waals surface area contributed by atoms with E-state index in [4.69, 9.17) is 10.5 Å². The Kier molecular flexibility index (Phi) is 4.37. The second-order valence-electron chi connectivity index (χ2n) is 5.37. The largest absolute Gasteiger partial charge is 0.481 e. The first kappa shape index (κ1) is 16.8. The maximum Gasteiger partial charge on any atom is 0.212 e. The number of aromatic nitrogens is 3. The molecule has 0 aliphatic carbocycles. The van der Waals surface area contributed by atoms with Crippen molar-refractivity contribution < 1.29 is 13.2 Å². The molecular weight excluding hydrogens is 340 g/mol. The first-order chi connectivity index (χ1) is 11.9. The quantitative estimate of drug-likeness (QED) is 0.763. The SMILES string of the molecule is COc1ccc(-c2nc(-c3ccc(S(C)(=O)=O)cc3)cnc2N)cn1. The number of nitrogens with two attached hydrogens (primary N) is 1. The number of anilines is 1. The Morgan fingerprint density at radius 1 is 0.960 bits per heavy atom. The molecule has 8 heteroatoms. The summed E-state index contributed by atoms with van der Waals surface area (Å²) in [6, 6.07) is 9.96. The third-order valence-electron chi connectivity index (χ3n) is 3.60. The summed E-state index contributed by atoms with van der Waals surface area (Å²) in [4.78, 5) is 13.1. The number of benzene rings is 1. The minimum Gasteiger partial charge on any atom is -0.481 e. The Morgan fingerprint density at radius 3 is 2.20 bits per heavy atom. The number of nitrogens with zero attached hydrogens (tertiary/aromatic N) is 3. The highest BCUT2D eigenvalue weighted by molar-refractivity contribution is 7.90. The molecule has 0 fully saturated rings. The molecule has 3 rings (SSSR count). The van der Waals surface area contributed by atoms with Gasteiger partial charge in [-0.25, -0.2) is 23.4 Å². The highest BCUT2D eigenvalue weighted by atomic mass is 32.2. The zero-order valence-electron chi connectivity index (χ0n) is 13.7. The first-order valence-corrected chi connectivity index (χ1v) is 9.21. The van der Waals surface area contributed by atoms with Crippen molar-refractivity contribution in [3.05, 3.63) is 48.8 Å². The predicted octanol–water partition coefficient (Wildman–Crippen LogP) is 2.20. The van der Waals surface area contributed by atoms with Gasteiger partial charge in [0.25, 0.3) is 0 Å². The summed E-state index contributed by atoms with van der Waals surface area (Å²) in [5.41, 5.74) is 8.47. The molecule has 25 heavy (non-hydrogen) atoms. The Balaban J connectivity index is 2.01. The van der Waals surface area contributed by atoms with E-state index < -0.39 is 9.84 Å². The van der Waals surface area contributed by atoms with Crippen LogP contribution in [0.15, 0.2) is 53.7 Å². The monoisotopic (exact) mass is 356 g/mol.